The molecule has 1 unspecified atom stereocenters. The molecule has 1 aliphatic carbocycles. The number of nitrogens with zero attached hydrogens (tertiary/aromatic N) is 1. The highest BCUT2D eigenvalue weighted by Gasteiger charge is 2.26. The van der Waals surface area contributed by atoms with Crippen LogP contribution in [0.4, 0.5) is 0 Å². The van der Waals surface area contributed by atoms with Crippen molar-refractivity contribution in [1.82, 2.24) is 4.90 Å². The Hall–Kier alpha value is -1.15. The van der Waals surface area contributed by atoms with Crippen LogP contribution in [0.2, 0.25) is 0 Å². The Bertz CT molecular complexity index is 434. The van der Waals surface area contributed by atoms with Gasteiger partial charge in [0, 0.05) is 30.6 Å². The van der Waals surface area contributed by atoms with Gasteiger partial charge < -0.3 is 0 Å². The Balaban J connectivity index is 1.99. The summed E-state index contributed by atoms with van der Waals surface area (Å²) in [5.41, 5.74) is 0.848. The van der Waals surface area contributed by atoms with E-state index in [0.29, 0.717) is 12.0 Å². The highest BCUT2D eigenvalue weighted by atomic mass is 16.1. The molecule has 0 saturated heterocycles. The summed E-state index contributed by atoms with van der Waals surface area (Å²) < 4.78 is 0. The monoisotopic (exact) mass is 287 g/mol. The second-order valence-corrected chi connectivity index (χ2v) is 6.92. The van der Waals surface area contributed by atoms with Gasteiger partial charge in [0.1, 0.15) is 0 Å². The van der Waals surface area contributed by atoms with E-state index < -0.39 is 0 Å². The van der Waals surface area contributed by atoms with Gasteiger partial charge >= 0.3 is 0 Å². The lowest BCUT2D eigenvalue weighted by Gasteiger charge is -2.32. The topological polar surface area (TPSA) is 20.3 Å². The molecule has 116 valence electrons. The van der Waals surface area contributed by atoms with Crippen LogP contribution in [-0.4, -0.2) is 29.8 Å². The summed E-state index contributed by atoms with van der Waals surface area (Å²) >= 11 is 0. The van der Waals surface area contributed by atoms with Gasteiger partial charge in [-0.3, -0.25) is 9.69 Å². The van der Waals surface area contributed by atoms with Crippen molar-refractivity contribution in [2.24, 2.45) is 11.8 Å². The van der Waals surface area contributed by atoms with Crippen molar-refractivity contribution in [3.8, 4) is 0 Å². The van der Waals surface area contributed by atoms with Gasteiger partial charge in [-0.05, 0) is 18.8 Å². The number of carbonyl (C=O) groups excluding carboxylic acids is 1. The van der Waals surface area contributed by atoms with Crippen molar-refractivity contribution >= 4 is 5.78 Å². The molecule has 0 bridgehead atoms. The molecule has 0 spiro atoms. The summed E-state index contributed by atoms with van der Waals surface area (Å²) in [7, 11) is 0. The van der Waals surface area contributed by atoms with E-state index in [1.165, 1.54) is 25.7 Å². The van der Waals surface area contributed by atoms with E-state index >= 15 is 0 Å². The molecular weight excluding hydrogens is 258 g/mol. The maximum atomic E-state index is 12.6. The van der Waals surface area contributed by atoms with Crippen LogP contribution >= 0.6 is 0 Å². The van der Waals surface area contributed by atoms with Gasteiger partial charge in [0.25, 0.3) is 0 Å². The number of rotatable bonds is 7. The minimum absolute atomic E-state index is 0.0757. The molecule has 0 amide bonds. The molecule has 2 heteroatoms. The molecule has 0 heterocycles. The fraction of sp³-hybridized carbons (Fsp3) is 0.632. The van der Waals surface area contributed by atoms with E-state index in [4.69, 9.17) is 0 Å². The van der Waals surface area contributed by atoms with Crippen molar-refractivity contribution in [3.63, 3.8) is 0 Å². The average molecular weight is 287 g/mol. The zero-order valence-corrected chi connectivity index (χ0v) is 13.7. The van der Waals surface area contributed by atoms with E-state index in [1.54, 1.807) is 0 Å². The summed E-state index contributed by atoms with van der Waals surface area (Å²) in [5.74, 6) is 1.01. The van der Waals surface area contributed by atoms with Crippen LogP contribution in [-0.2, 0) is 0 Å². The van der Waals surface area contributed by atoms with Gasteiger partial charge in [0.15, 0.2) is 5.78 Å². The average Bonchev–Trinajstić information content (AvgIpc) is 3.00. The first-order valence-electron chi connectivity index (χ1n) is 8.41. The predicted octanol–water partition coefficient (Wildman–Crippen LogP) is 4.41. The normalized spacial score (nSPS) is 17.6. The molecule has 1 aromatic rings. The summed E-state index contributed by atoms with van der Waals surface area (Å²) in [4.78, 5) is 15.1. The van der Waals surface area contributed by atoms with E-state index in [9.17, 15) is 4.79 Å². The Morgan fingerprint density at radius 1 is 1.10 bits per heavy atom. The number of carbonyl (C=O) groups is 1. The third-order valence-electron chi connectivity index (χ3n) is 4.46. The lowest BCUT2D eigenvalue weighted by molar-refractivity contribution is 0.0854. The van der Waals surface area contributed by atoms with Gasteiger partial charge in [-0.15, -0.1) is 0 Å². The molecule has 2 rings (SSSR count). The molecule has 2 nitrogen and oxygen atoms in total. The fourth-order valence-electron chi connectivity index (χ4n) is 3.43. The molecule has 1 aliphatic rings. The maximum absolute atomic E-state index is 12.6. The van der Waals surface area contributed by atoms with Crippen LogP contribution in [0.1, 0.15) is 56.8 Å². The van der Waals surface area contributed by atoms with E-state index in [-0.39, 0.29) is 11.7 Å². The van der Waals surface area contributed by atoms with Crippen LogP contribution in [0.5, 0.6) is 0 Å². The molecule has 1 aromatic carbocycles. The summed E-state index contributed by atoms with van der Waals surface area (Å²) in [5, 5.41) is 0. The number of hydrogen-bond donors (Lipinski definition) is 0. The summed E-state index contributed by atoms with van der Waals surface area (Å²) in [6, 6.07) is 10.4. The van der Waals surface area contributed by atoms with Crippen LogP contribution in [0.25, 0.3) is 0 Å². The van der Waals surface area contributed by atoms with Crippen LogP contribution in [0.3, 0.4) is 0 Å². The van der Waals surface area contributed by atoms with E-state index in [2.05, 4.69) is 25.7 Å². The van der Waals surface area contributed by atoms with Gasteiger partial charge in [-0.1, -0.05) is 63.9 Å². The zero-order valence-electron chi connectivity index (χ0n) is 13.7. The van der Waals surface area contributed by atoms with Crippen LogP contribution in [0.15, 0.2) is 30.3 Å². The second-order valence-electron chi connectivity index (χ2n) is 6.92. The lowest BCUT2D eigenvalue weighted by atomic mass is 9.97. The van der Waals surface area contributed by atoms with Gasteiger partial charge in [0.2, 0.25) is 0 Å². The van der Waals surface area contributed by atoms with Crippen molar-refractivity contribution in [1.29, 1.82) is 0 Å². The first-order chi connectivity index (χ1) is 10.1. The molecule has 0 N–H and O–H groups in total. The third kappa shape index (κ3) is 4.67. The maximum Gasteiger partial charge on any atom is 0.166 e. The first kappa shape index (κ1) is 16.2. The van der Waals surface area contributed by atoms with E-state index in [1.807, 2.05) is 30.3 Å². The number of ketones is 1. The van der Waals surface area contributed by atoms with Crippen molar-refractivity contribution in [2.45, 2.75) is 52.5 Å². The van der Waals surface area contributed by atoms with Crippen molar-refractivity contribution < 1.29 is 4.79 Å². The van der Waals surface area contributed by atoms with Gasteiger partial charge in [0.05, 0.1) is 0 Å². The number of benzene rings is 1. The lowest BCUT2D eigenvalue weighted by Crippen LogP contribution is -2.40. The smallest absolute Gasteiger partial charge is 0.166 e. The van der Waals surface area contributed by atoms with Crippen LogP contribution < -0.4 is 0 Å². The first-order valence-corrected chi connectivity index (χ1v) is 8.41. The quantitative estimate of drug-likeness (QED) is 0.692. The van der Waals surface area contributed by atoms with Crippen molar-refractivity contribution in [2.75, 3.05) is 13.1 Å². The minimum atomic E-state index is 0.0757. The molecule has 0 aromatic heterocycles. The molecule has 0 radical (unpaired) electrons. The molecular formula is C19H29NO. The van der Waals surface area contributed by atoms with Crippen LogP contribution in [0, 0.1) is 11.8 Å². The van der Waals surface area contributed by atoms with Crippen molar-refractivity contribution in [3.05, 3.63) is 35.9 Å². The summed E-state index contributed by atoms with van der Waals surface area (Å²) in [6.45, 7) is 8.63. The largest absolute Gasteiger partial charge is 0.299 e. The summed E-state index contributed by atoms with van der Waals surface area (Å²) in [6.07, 6.45) is 5.30. The van der Waals surface area contributed by atoms with E-state index in [0.717, 1.165) is 18.7 Å². The molecule has 1 fully saturated rings. The van der Waals surface area contributed by atoms with Gasteiger partial charge in [-0.25, -0.2) is 0 Å². The Labute approximate surface area is 129 Å². The molecule has 1 atom stereocenters. The number of Topliss-reactive ketones (excluding diaryl/α,β-unsaturated/α-hetero) is 1. The third-order valence-corrected chi connectivity index (χ3v) is 4.46. The Morgan fingerprint density at radius 3 is 2.29 bits per heavy atom. The predicted molar refractivity (Wildman–Crippen MR) is 88.6 cm³/mol. The SMILES string of the molecule is CC(C)CN(CC(C)C(=O)c1ccccc1)C1CCCC1. The molecule has 21 heavy (non-hydrogen) atoms. The Morgan fingerprint density at radius 2 is 1.71 bits per heavy atom. The standard InChI is InChI=1S/C19H29NO/c1-15(2)13-20(18-11-7-8-12-18)14-16(3)19(21)17-9-5-4-6-10-17/h4-6,9-10,15-16,18H,7-8,11-14H2,1-3H3. The second kappa shape index (κ2) is 7.74. The Kier molecular flexibility index (Phi) is 5.98. The highest BCUT2D eigenvalue weighted by molar-refractivity contribution is 5.97. The van der Waals surface area contributed by atoms with Gasteiger partial charge in [-0.2, -0.15) is 0 Å². The molecule has 0 aliphatic heterocycles. The molecule has 1 saturated carbocycles. The number of hydrogen-bond acceptors (Lipinski definition) is 2. The highest BCUT2D eigenvalue weighted by Crippen LogP contribution is 2.25. The fourth-order valence-corrected chi connectivity index (χ4v) is 3.43. The minimum Gasteiger partial charge on any atom is -0.299 e. The zero-order chi connectivity index (χ0) is 15.2.